The Hall–Kier alpha value is -2.86. The Balaban J connectivity index is 0. The van der Waals surface area contributed by atoms with Crippen molar-refractivity contribution < 1.29 is 0 Å². The maximum absolute atomic E-state index is 2.19. The zero-order valence-electron chi connectivity index (χ0n) is 25.4. The lowest BCUT2D eigenvalue weighted by molar-refractivity contribution is 0.469. The van der Waals surface area contributed by atoms with Gasteiger partial charge in [-0.1, -0.05) is 192 Å². The van der Waals surface area contributed by atoms with Crippen LogP contribution in [0.4, 0.5) is 0 Å². The normalized spacial score (nSPS) is 10.6. The van der Waals surface area contributed by atoms with E-state index >= 15 is 0 Å². The van der Waals surface area contributed by atoms with Crippen LogP contribution in [-0.4, -0.2) is 0 Å². The summed E-state index contributed by atoms with van der Waals surface area (Å²) in [4.78, 5) is 0. The highest BCUT2D eigenvalue weighted by molar-refractivity contribution is 5.72. The summed E-state index contributed by atoms with van der Waals surface area (Å²) >= 11 is 0. The Morgan fingerprint density at radius 1 is 0.333 bits per heavy atom. The van der Waals surface area contributed by atoms with E-state index in [-0.39, 0.29) is 0 Å². The second-order valence-electron chi connectivity index (χ2n) is 11.2. The van der Waals surface area contributed by atoms with E-state index in [0.717, 1.165) is 0 Å². The van der Waals surface area contributed by atoms with Gasteiger partial charge in [-0.15, -0.1) is 0 Å². The monoisotopic (exact) mass is 486 g/mol. The van der Waals surface area contributed by atoms with Gasteiger partial charge < -0.3 is 0 Å². The molecule has 3 rings (SSSR count). The molecule has 36 heavy (non-hydrogen) atoms. The second-order valence-corrected chi connectivity index (χ2v) is 11.2. The quantitative estimate of drug-likeness (QED) is 0.322. The highest BCUT2D eigenvalue weighted by Crippen LogP contribution is 2.12. The number of hydrogen-bond donors (Lipinski definition) is 0. The van der Waals surface area contributed by atoms with Gasteiger partial charge in [-0.3, -0.25) is 0 Å². The van der Waals surface area contributed by atoms with E-state index in [2.05, 4.69) is 152 Å². The predicted molar refractivity (Wildman–Crippen MR) is 170 cm³/mol. The summed E-state index contributed by atoms with van der Waals surface area (Å²) in [6.07, 6.45) is 8.55. The Labute approximate surface area is 225 Å². The highest BCUT2D eigenvalue weighted by Gasteiger charge is 1.96. The Morgan fingerprint density at radius 2 is 0.500 bits per heavy atom. The first kappa shape index (κ1) is 35.3. The van der Waals surface area contributed by atoms with Crippen molar-refractivity contribution in [3.05, 3.63) is 107 Å². The molecule has 0 bridgehead atoms. The Bertz CT molecular complexity index is 821. The highest BCUT2D eigenvalue weighted by atomic mass is 14.0. The van der Waals surface area contributed by atoms with Gasteiger partial charge in [-0.2, -0.15) is 0 Å². The van der Waals surface area contributed by atoms with Gasteiger partial charge in [0.1, 0.15) is 0 Å². The van der Waals surface area contributed by atoms with E-state index in [1.54, 1.807) is 0 Å². The fourth-order valence-corrected chi connectivity index (χ4v) is 2.23. The predicted octanol–water partition coefficient (Wildman–Crippen LogP) is 12.2. The van der Waals surface area contributed by atoms with Crippen LogP contribution < -0.4 is 0 Å². The minimum Gasteiger partial charge on any atom is -0.0683 e. The number of rotatable bonds is 4. The molecule has 0 fully saturated rings. The summed E-state index contributed by atoms with van der Waals surface area (Å²) < 4.78 is 0. The van der Waals surface area contributed by atoms with Crippen molar-refractivity contribution in [1.29, 1.82) is 0 Å². The molecular weight excluding hydrogens is 432 g/mol. The van der Waals surface area contributed by atoms with Crippen LogP contribution in [0.5, 0.6) is 0 Å². The molecule has 0 aliphatic rings. The molecule has 0 saturated carbocycles. The van der Waals surface area contributed by atoms with Gasteiger partial charge in [-0.05, 0) is 33.1 Å². The van der Waals surface area contributed by atoms with Crippen molar-refractivity contribution in [2.45, 2.75) is 83.1 Å². The SMILES string of the molecule is C(=C\c1ccc(/C=C/c2ccccc2)cc1)/c1ccccc1.CC.CC.CC(C)(C)C.CC(C)(C)C. The third kappa shape index (κ3) is 25.8. The molecule has 3 aromatic rings. The van der Waals surface area contributed by atoms with Gasteiger partial charge in [0.15, 0.2) is 0 Å². The van der Waals surface area contributed by atoms with E-state index in [1.807, 2.05) is 39.8 Å². The summed E-state index contributed by atoms with van der Waals surface area (Å²) in [5.41, 5.74) is 5.85. The lowest BCUT2D eigenvalue weighted by Gasteiger charge is -2.05. The Morgan fingerprint density at radius 3 is 0.694 bits per heavy atom. The maximum Gasteiger partial charge on any atom is -0.0256 e. The third-order valence-corrected chi connectivity index (χ3v) is 3.47. The molecule has 198 valence electrons. The van der Waals surface area contributed by atoms with E-state index in [0.29, 0.717) is 10.8 Å². The van der Waals surface area contributed by atoms with E-state index in [4.69, 9.17) is 0 Å². The molecule has 0 heterocycles. The summed E-state index contributed by atoms with van der Waals surface area (Å²) in [7, 11) is 0. The molecule has 0 unspecified atom stereocenters. The lowest BCUT2D eigenvalue weighted by atomic mass is 10.0. The molecule has 0 saturated heterocycles. The van der Waals surface area contributed by atoms with E-state index < -0.39 is 0 Å². The first-order valence-electron chi connectivity index (χ1n) is 13.5. The standard InChI is InChI=1S/C22H18.2C5H12.2C2H6/c1-3-7-19(8-4-1)11-13-21-15-17-22(18-16-21)14-12-20-9-5-2-6-10-20;2*1-5(2,3)4;2*1-2/h1-18H;2*1-4H3;2*1-2H3/b13-11+,14-12+;;;;. The second kappa shape index (κ2) is 20.3. The average Bonchev–Trinajstić information content (AvgIpc) is 2.84. The van der Waals surface area contributed by atoms with Crippen molar-refractivity contribution in [2.75, 3.05) is 0 Å². The number of benzene rings is 3. The molecule has 0 heteroatoms. The molecule has 0 amide bonds. The van der Waals surface area contributed by atoms with Crippen LogP contribution in [0.15, 0.2) is 84.9 Å². The molecule has 0 aliphatic carbocycles. The van der Waals surface area contributed by atoms with Crippen molar-refractivity contribution in [2.24, 2.45) is 10.8 Å². The van der Waals surface area contributed by atoms with Gasteiger partial charge in [0.05, 0.1) is 0 Å². The molecule has 0 aliphatic heterocycles. The molecule has 0 spiro atoms. The fourth-order valence-electron chi connectivity index (χ4n) is 2.23. The van der Waals surface area contributed by atoms with E-state index in [1.165, 1.54) is 22.3 Å². The fraction of sp³-hybridized carbons (Fsp3) is 0.389. The minimum absolute atomic E-state index is 0.500. The molecule has 0 radical (unpaired) electrons. The van der Waals surface area contributed by atoms with Gasteiger partial charge >= 0.3 is 0 Å². The molecule has 0 nitrogen and oxygen atoms in total. The first-order valence-corrected chi connectivity index (χ1v) is 13.5. The van der Waals surface area contributed by atoms with Crippen LogP contribution in [-0.2, 0) is 0 Å². The average molecular weight is 487 g/mol. The third-order valence-electron chi connectivity index (χ3n) is 3.47. The van der Waals surface area contributed by atoms with Gasteiger partial charge in [0.25, 0.3) is 0 Å². The van der Waals surface area contributed by atoms with E-state index in [9.17, 15) is 0 Å². The Kier molecular flexibility index (Phi) is 20.0. The summed E-state index contributed by atoms with van der Waals surface area (Å²) in [6, 6.07) is 29.3. The van der Waals surface area contributed by atoms with Crippen LogP contribution in [0.1, 0.15) is 105 Å². The smallest absolute Gasteiger partial charge is 0.0256 e. The van der Waals surface area contributed by atoms with Crippen molar-refractivity contribution >= 4 is 24.3 Å². The molecular formula is C36H54. The summed E-state index contributed by atoms with van der Waals surface area (Å²) in [5.74, 6) is 0. The molecule has 3 aromatic carbocycles. The summed E-state index contributed by atoms with van der Waals surface area (Å²) in [5, 5.41) is 0. The molecule has 0 N–H and O–H groups in total. The molecule has 0 atom stereocenters. The lowest BCUT2D eigenvalue weighted by Crippen LogP contribution is -1.93. The van der Waals surface area contributed by atoms with Gasteiger partial charge in [0, 0.05) is 0 Å². The largest absolute Gasteiger partial charge is 0.0683 e. The van der Waals surface area contributed by atoms with Gasteiger partial charge in [-0.25, -0.2) is 0 Å². The van der Waals surface area contributed by atoms with Crippen LogP contribution in [0.2, 0.25) is 0 Å². The zero-order chi connectivity index (χ0) is 28.0. The zero-order valence-corrected chi connectivity index (χ0v) is 25.4. The van der Waals surface area contributed by atoms with Gasteiger partial charge in [0.2, 0.25) is 0 Å². The topological polar surface area (TPSA) is 0 Å². The number of hydrogen-bond acceptors (Lipinski definition) is 0. The summed E-state index contributed by atoms with van der Waals surface area (Å²) in [6.45, 7) is 25.5. The molecule has 0 aromatic heterocycles. The minimum atomic E-state index is 0.500. The van der Waals surface area contributed by atoms with Crippen LogP contribution in [0.25, 0.3) is 24.3 Å². The van der Waals surface area contributed by atoms with Crippen LogP contribution in [0.3, 0.4) is 0 Å². The van der Waals surface area contributed by atoms with Crippen molar-refractivity contribution in [1.82, 2.24) is 0 Å². The van der Waals surface area contributed by atoms with Crippen LogP contribution in [0, 0.1) is 10.8 Å². The van der Waals surface area contributed by atoms with Crippen molar-refractivity contribution in [3.8, 4) is 0 Å². The maximum atomic E-state index is 2.19. The first-order chi connectivity index (χ1) is 16.9. The van der Waals surface area contributed by atoms with Crippen molar-refractivity contribution in [3.63, 3.8) is 0 Å². The van der Waals surface area contributed by atoms with Crippen LogP contribution >= 0.6 is 0 Å².